The van der Waals surface area contributed by atoms with Crippen LogP contribution < -0.4 is 15.5 Å². The molecule has 0 aliphatic carbocycles. The van der Waals surface area contributed by atoms with Gasteiger partial charge in [0, 0.05) is 79.9 Å². The second-order valence-electron chi connectivity index (χ2n) is 18.3. The summed E-state index contributed by atoms with van der Waals surface area (Å²) >= 11 is 0. The molecule has 9 rings (SSSR count). The van der Waals surface area contributed by atoms with Crippen LogP contribution in [0.25, 0.3) is 10.9 Å². The van der Waals surface area contributed by atoms with E-state index in [-0.39, 0.29) is 30.7 Å². The number of aromatic nitrogens is 3. The van der Waals surface area contributed by atoms with Gasteiger partial charge in [0.05, 0.1) is 28.3 Å². The van der Waals surface area contributed by atoms with Gasteiger partial charge in [-0.15, -0.1) is 0 Å². The number of piperidine rings is 4. The molecule has 15 heteroatoms. The van der Waals surface area contributed by atoms with Crippen LogP contribution in [0.1, 0.15) is 114 Å². The van der Waals surface area contributed by atoms with Gasteiger partial charge in [-0.3, -0.25) is 38.9 Å². The summed E-state index contributed by atoms with van der Waals surface area (Å²) in [5.74, 6) is -2.24. The van der Waals surface area contributed by atoms with Crippen molar-refractivity contribution < 1.29 is 29.1 Å². The monoisotopic (exact) mass is 829 g/mol. The average Bonchev–Trinajstić information content (AvgIpc) is 3.77. The molecule has 0 saturated carbocycles. The number of amides is 5. The third-order valence-corrected chi connectivity index (χ3v) is 13.9. The van der Waals surface area contributed by atoms with Crippen LogP contribution in [0.15, 0.2) is 54.7 Å². The van der Waals surface area contributed by atoms with Gasteiger partial charge >= 0.3 is 0 Å². The van der Waals surface area contributed by atoms with Gasteiger partial charge in [-0.1, -0.05) is 6.07 Å². The smallest absolute Gasteiger partial charge is 0.274 e. The lowest BCUT2D eigenvalue weighted by Gasteiger charge is -2.47. The van der Waals surface area contributed by atoms with Crippen LogP contribution >= 0.6 is 0 Å². The third-order valence-electron chi connectivity index (χ3n) is 13.9. The van der Waals surface area contributed by atoms with Crippen LogP contribution in [0.3, 0.4) is 0 Å². The first-order valence-electron chi connectivity index (χ1n) is 21.8. The number of hydrogen-bond acceptors (Lipinski definition) is 11. The first kappa shape index (κ1) is 40.9. The lowest BCUT2D eigenvalue weighted by Crippen LogP contribution is -2.54. The third kappa shape index (κ3) is 8.18. The van der Waals surface area contributed by atoms with Crippen molar-refractivity contribution in [3.8, 4) is 0 Å². The maximum atomic E-state index is 13.4. The van der Waals surface area contributed by atoms with Crippen LogP contribution in [-0.4, -0.2) is 123 Å². The summed E-state index contributed by atoms with van der Waals surface area (Å²) < 4.78 is 2.07. The molecule has 61 heavy (non-hydrogen) atoms. The summed E-state index contributed by atoms with van der Waals surface area (Å²) in [6.45, 7) is 13.4. The number of nitrogens with zero attached hydrogens (tertiary/aromatic N) is 7. The van der Waals surface area contributed by atoms with Crippen molar-refractivity contribution in [3.63, 3.8) is 0 Å². The van der Waals surface area contributed by atoms with Crippen LogP contribution in [0, 0.1) is 12.3 Å². The zero-order chi connectivity index (χ0) is 42.6. The molecule has 1 unspecified atom stereocenters. The molecule has 7 heterocycles. The zero-order valence-electron chi connectivity index (χ0n) is 35.3. The van der Waals surface area contributed by atoms with E-state index in [0.29, 0.717) is 33.5 Å². The number of anilines is 2. The minimum absolute atomic E-state index is 0.0998. The van der Waals surface area contributed by atoms with E-state index in [4.69, 9.17) is 5.10 Å². The van der Waals surface area contributed by atoms with E-state index in [1.165, 1.54) is 12.8 Å². The van der Waals surface area contributed by atoms with Crippen molar-refractivity contribution in [2.75, 3.05) is 62.6 Å². The lowest BCUT2D eigenvalue weighted by atomic mass is 9.71. The second-order valence-corrected chi connectivity index (χ2v) is 18.3. The number of rotatable bonds is 9. The fourth-order valence-electron chi connectivity index (χ4n) is 10.1. The molecular formula is C46H55N9O6. The largest absolute Gasteiger partial charge is 0.386 e. The van der Waals surface area contributed by atoms with Gasteiger partial charge in [0.15, 0.2) is 0 Å². The fraction of sp³-hybridized carbons (Fsp3) is 0.500. The molecule has 1 atom stereocenters. The van der Waals surface area contributed by atoms with Gasteiger partial charge < -0.3 is 25.1 Å². The van der Waals surface area contributed by atoms with Crippen molar-refractivity contribution in [2.24, 2.45) is 5.41 Å². The number of aliphatic hydroxyl groups is 1. The Labute approximate surface area is 355 Å². The summed E-state index contributed by atoms with van der Waals surface area (Å²) in [5.41, 5.74) is 3.72. The van der Waals surface area contributed by atoms with E-state index in [0.717, 1.165) is 105 Å². The van der Waals surface area contributed by atoms with Gasteiger partial charge in [-0.2, -0.15) is 5.10 Å². The van der Waals surface area contributed by atoms with Crippen molar-refractivity contribution in [2.45, 2.75) is 89.8 Å². The number of pyridine rings is 1. The normalized spacial score (nSPS) is 21.7. The molecule has 320 valence electrons. The highest BCUT2D eigenvalue weighted by Gasteiger charge is 2.45. The molecule has 15 nitrogen and oxygen atoms in total. The quantitative estimate of drug-likeness (QED) is 0.201. The molecule has 0 radical (unpaired) electrons. The van der Waals surface area contributed by atoms with Gasteiger partial charge in [0.1, 0.15) is 11.7 Å². The molecule has 5 aliphatic rings. The topological polar surface area (TPSA) is 173 Å². The average molecular weight is 830 g/mol. The zero-order valence-corrected chi connectivity index (χ0v) is 35.3. The van der Waals surface area contributed by atoms with Gasteiger partial charge in [0.2, 0.25) is 11.8 Å². The Morgan fingerprint density at radius 3 is 2.25 bits per heavy atom. The molecule has 1 spiro atoms. The predicted octanol–water partition coefficient (Wildman–Crippen LogP) is 4.64. The number of nitrogens with one attached hydrogen (secondary N) is 2. The van der Waals surface area contributed by atoms with E-state index in [1.807, 2.05) is 37.3 Å². The number of carbonyl (C=O) groups is 5. The Morgan fingerprint density at radius 2 is 1.56 bits per heavy atom. The number of hydrogen-bond donors (Lipinski definition) is 3. The minimum Gasteiger partial charge on any atom is -0.386 e. The minimum atomic E-state index is -1.19. The Hall–Kier alpha value is -5.51. The lowest BCUT2D eigenvalue weighted by molar-refractivity contribution is -0.136. The predicted molar refractivity (Wildman–Crippen MR) is 229 cm³/mol. The van der Waals surface area contributed by atoms with Crippen molar-refractivity contribution in [1.82, 2.24) is 34.8 Å². The number of fused-ring (bicyclic) bond motifs is 2. The number of benzene rings is 2. The van der Waals surface area contributed by atoms with E-state index in [1.54, 1.807) is 32.0 Å². The number of aryl methyl sites for hydroxylation is 1. The Morgan fingerprint density at radius 1 is 0.869 bits per heavy atom. The Kier molecular flexibility index (Phi) is 10.8. The standard InChI is InChI=1S/C46H55N9O6/c1-29-5-4-6-36(47-29)41(57)48-38-25-30-28-54(50-37(30)27-35(38)45(2,3)61)31-11-17-51(18-12-31)23-24-52-19-13-46(14-20-52)15-21-53(22-16-46)32-7-8-33-34(26-32)44(60)55(43(33)59)39-9-10-40(56)49-42(39)58/h4-8,25-28,31,39,61H,9-24H2,1-3H3,(H,48,57)(H,49,56,58). The maximum Gasteiger partial charge on any atom is 0.274 e. The van der Waals surface area contributed by atoms with Crippen LogP contribution in [0.2, 0.25) is 0 Å². The first-order chi connectivity index (χ1) is 29.2. The summed E-state index contributed by atoms with van der Waals surface area (Å²) in [7, 11) is 0. The van der Waals surface area contributed by atoms with E-state index in [2.05, 4.69) is 41.2 Å². The van der Waals surface area contributed by atoms with Crippen molar-refractivity contribution >= 4 is 51.8 Å². The Bertz CT molecular complexity index is 2400. The van der Waals surface area contributed by atoms with Gasteiger partial charge in [-0.25, -0.2) is 4.98 Å². The molecule has 2 aromatic carbocycles. The highest BCUT2D eigenvalue weighted by Crippen LogP contribution is 2.43. The summed E-state index contributed by atoms with van der Waals surface area (Å²) in [6, 6.07) is 13.9. The molecule has 5 amide bonds. The fourth-order valence-corrected chi connectivity index (χ4v) is 10.1. The molecule has 3 N–H and O–H groups in total. The number of carbonyl (C=O) groups excluding carboxylic acids is 5. The van der Waals surface area contributed by atoms with E-state index >= 15 is 0 Å². The first-order valence-corrected chi connectivity index (χ1v) is 21.8. The second kappa shape index (κ2) is 16.1. The molecule has 4 fully saturated rings. The summed E-state index contributed by atoms with van der Waals surface area (Å²) in [5, 5.41) is 22.1. The van der Waals surface area contributed by atoms with Crippen molar-refractivity contribution in [3.05, 3.63) is 82.8 Å². The Balaban J connectivity index is 0.741. The molecule has 0 bridgehead atoms. The van der Waals surface area contributed by atoms with Crippen LogP contribution in [0.4, 0.5) is 11.4 Å². The maximum absolute atomic E-state index is 13.4. The summed E-state index contributed by atoms with van der Waals surface area (Å²) in [4.78, 5) is 76.7. The highest BCUT2D eigenvalue weighted by molar-refractivity contribution is 6.23. The van der Waals surface area contributed by atoms with Crippen LogP contribution in [-0.2, 0) is 15.2 Å². The number of imide groups is 2. The van der Waals surface area contributed by atoms with E-state index in [9.17, 15) is 29.1 Å². The molecule has 4 aromatic rings. The summed E-state index contributed by atoms with van der Waals surface area (Å²) in [6.07, 6.45) is 8.84. The van der Waals surface area contributed by atoms with Gasteiger partial charge in [0.25, 0.3) is 17.7 Å². The highest BCUT2D eigenvalue weighted by atomic mass is 16.3. The molecule has 4 saturated heterocycles. The molecule has 5 aliphatic heterocycles. The van der Waals surface area contributed by atoms with E-state index < -0.39 is 29.4 Å². The van der Waals surface area contributed by atoms with Crippen molar-refractivity contribution in [1.29, 1.82) is 0 Å². The molecule has 2 aromatic heterocycles. The molecular weight excluding hydrogens is 775 g/mol. The van der Waals surface area contributed by atoms with Crippen LogP contribution in [0.5, 0.6) is 0 Å². The SMILES string of the molecule is Cc1cccc(C(=O)Nc2cc3cn(C4CCN(CCN5CCC6(CC5)CCN(c5ccc7c(c5)C(=O)N(C5CCC(=O)NC5=O)C7=O)CC6)CC4)nc3cc2C(C)(C)O)n1. The number of likely N-dealkylation sites (tertiary alicyclic amines) is 2. The van der Waals surface area contributed by atoms with Gasteiger partial charge in [-0.05, 0) is 127 Å².